The van der Waals surface area contributed by atoms with Crippen molar-refractivity contribution in [2.24, 2.45) is 0 Å². The number of carbonyl (C=O) groups excluding carboxylic acids is 2. The summed E-state index contributed by atoms with van der Waals surface area (Å²) in [6, 6.07) is 40.3. The lowest BCUT2D eigenvalue weighted by atomic mass is 9.93. The molecular weight excluding hydrogens is 500 g/mol. The van der Waals surface area contributed by atoms with Gasteiger partial charge in [-0.3, -0.25) is 0 Å². The van der Waals surface area contributed by atoms with E-state index in [4.69, 9.17) is 9.47 Å². The van der Waals surface area contributed by atoms with Crippen LogP contribution >= 0.6 is 0 Å². The smallest absolute Gasteiger partial charge is 0.349 e. The highest BCUT2D eigenvalue weighted by Crippen LogP contribution is 2.28. The zero-order chi connectivity index (χ0) is 28.2. The molecule has 0 unspecified atom stereocenters. The highest BCUT2D eigenvalue weighted by Gasteiger charge is 2.22. The van der Waals surface area contributed by atoms with Gasteiger partial charge in [-0.15, -0.1) is 0 Å². The van der Waals surface area contributed by atoms with E-state index in [1.54, 1.807) is 0 Å². The van der Waals surface area contributed by atoms with Gasteiger partial charge in [-0.1, -0.05) is 121 Å². The quantitative estimate of drug-likeness (QED) is 0.113. The van der Waals surface area contributed by atoms with E-state index < -0.39 is 11.9 Å². The largest absolute Gasteiger partial charge is 0.458 e. The van der Waals surface area contributed by atoms with Gasteiger partial charge in [0, 0.05) is 11.1 Å². The van der Waals surface area contributed by atoms with E-state index >= 15 is 0 Å². The van der Waals surface area contributed by atoms with E-state index in [0.29, 0.717) is 33.4 Å². The molecule has 0 aliphatic heterocycles. The lowest BCUT2D eigenvalue weighted by Crippen LogP contribution is -2.17. The molecule has 0 heterocycles. The van der Waals surface area contributed by atoms with Crippen molar-refractivity contribution in [3.8, 4) is 12.1 Å². The average Bonchev–Trinajstić information content (AvgIpc) is 3.02. The molecule has 0 bridgehead atoms. The van der Waals surface area contributed by atoms with Crippen LogP contribution in [0, 0.1) is 22.7 Å². The third kappa shape index (κ3) is 6.58. The Morgan fingerprint density at radius 2 is 0.725 bits per heavy atom. The Morgan fingerprint density at radius 3 is 0.950 bits per heavy atom. The molecule has 0 saturated heterocycles. The van der Waals surface area contributed by atoms with Gasteiger partial charge in [0.1, 0.15) is 36.5 Å². The Morgan fingerprint density at radius 1 is 0.475 bits per heavy atom. The number of carbonyl (C=O) groups is 2. The second-order valence-corrected chi connectivity index (χ2v) is 8.46. The Hall–Kier alpha value is -5.72. The molecule has 6 nitrogen and oxygen atoms in total. The summed E-state index contributed by atoms with van der Waals surface area (Å²) in [4.78, 5) is 25.9. The summed E-state index contributed by atoms with van der Waals surface area (Å²) in [6.07, 6.45) is 0. The fourth-order valence-electron chi connectivity index (χ4n) is 4.15. The number of nitriles is 2. The first-order valence-electron chi connectivity index (χ1n) is 12.5. The summed E-state index contributed by atoms with van der Waals surface area (Å²) in [6.45, 7) is -0.589. The van der Waals surface area contributed by atoms with Crippen molar-refractivity contribution in [2.75, 3.05) is 13.2 Å². The number of benzene rings is 4. The minimum atomic E-state index is -0.841. The van der Waals surface area contributed by atoms with Gasteiger partial charge in [-0.05, 0) is 22.3 Å². The molecular formula is C34H24N2O4. The minimum absolute atomic E-state index is 0.170. The van der Waals surface area contributed by atoms with Crippen LogP contribution < -0.4 is 0 Å². The van der Waals surface area contributed by atoms with Crippen molar-refractivity contribution >= 4 is 23.1 Å². The monoisotopic (exact) mass is 524 g/mol. The van der Waals surface area contributed by atoms with Crippen molar-refractivity contribution in [1.29, 1.82) is 10.5 Å². The molecule has 0 fully saturated rings. The zero-order valence-corrected chi connectivity index (χ0v) is 21.5. The van der Waals surface area contributed by atoms with Crippen LogP contribution in [0.5, 0.6) is 0 Å². The zero-order valence-electron chi connectivity index (χ0n) is 21.5. The lowest BCUT2D eigenvalue weighted by Gasteiger charge is -2.13. The van der Waals surface area contributed by atoms with Gasteiger partial charge in [0.15, 0.2) is 0 Å². The van der Waals surface area contributed by atoms with Crippen LogP contribution in [0.4, 0.5) is 0 Å². The number of rotatable bonds is 9. The number of nitrogens with zero attached hydrogens (tertiary/aromatic N) is 2. The Bertz CT molecular complexity index is 1410. The molecule has 0 aliphatic carbocycles. The van der Waals surface area contributed by atoms with E-state index in [1.165, 1.54) is 0 Å². The molecule has 0 aliphatic rings. The molecule has 4 aromatic rings. The first-order chi connectivity index (χ1) is 19.6. The van der Waals surface area contributed by atoms with E-state index in [0.717, 1.165) is 0 Å². The lowest BCUT2D eigenvalue weighted by molar-refractivity contribution is -0.146. The van der Waals surface area contributed by atoms with Crippen molar-refractivity contribution in [1.82, 2.24) is 0 Å². The van der Waals surface area contributed by atoms with Gasteiger partial charge in [0.25, 0.3) is 0 Å². The van der Waals surface area contributed by atoms with Gasteiger partial charge in [-0.2, -0.15) is 10.5 Å². The molecule has 6 heteroatoms. The van der Waals surface area contributed by atoms with Gasteiger partial charge < -0.3 is 9.47 Å². The number of hydrogen-bond donors (Lipinski definition) is 0. The van der Waals surface area contributed by atoms with Crippen LogP contribution in [-0.4, -0.2) is 25.2 Å². The van der Waals surface area contributed by atoms with Crippen molar-refractivity contribution < 1.29 is 19.1 Å². The van der Waals surface area contributed by atoms with E-state index in [1.807, 2.05) is 133 Å². The SMILES string of the molecule is N#CC(C(=O)OCCOC(=O)C(C#N)=C(c1ccccc1)c1ccccc1)=C(c1ccccc1)c1ccccc1. The first-order valence-corrected chi connectivity index (χ1v) is 12.5. The van der Waals surface area contributed by atoms with E-state index in [2.05, 4.69) is 0 Å². The summed E-state index contributed by atoms with van der Waals surface area (Å²) < 4.78 is 10.6. The van der Waals surface area contributed by atoms with E-state index in [9.17, 15) is 20.1 Å². The predicted octanol–water partition coefficient (Wildman–Crippen LogP) is 6.12. The molecule has 194 valence electrons. The van der Waals surface area contributed by atoms with Gasteiger partial charge >= 0.3 is 11.9 Å². The summed E-state index contributed by atoms with van der Waals surface area (Å²) in [5.74, 6) is -1.68. The second kappa shape index (κ2) is 13.7. The van der Waals surface area contributed by atoms with Gasteiger partial charge in [0.2, 0.25) is 0 Å². The molecule has 0 atom stereocenters. The second-order valence-electron chi connectivity index (χ2n) is 8.46. The molecule has 0 amide bonds. The van der Waals surface area contributed by atoms with Crippen LogP contribution in [0.15, 0.2) is 132 Å². The molecule has 0 saturated carbocycles. The van der Waals surface area contributed by atoms with Gasteiger partial charge in [0.05, 0.1) is 0 Å². The number of ether oxygens (including phenoxy) is 2. The van der Waals surface area contributed by atoms with Crippen molar-refractivity contribution in [3.05, 3.63) is 155 Å². The number of hydrogen-bond acceptors (Lipinski definition) is 6. The summed E-state index contributed by atoms with van der Waals surface area (Å²) >= 11 is 0. The molecule has 0 spiro atoms. The van der Waals surface area contributed by atoms with Crippen molar-refractivity contribution in [3.63, 3.8) is 0 Å². The number of esters is 2. The highest BCUT2D eigenvalue weighted by molar-refractivity contribution is 6.06. The maximum Gasteiger partial charge on any atom is 0.349 e. The molecule has 4 rings (SSSR count). The van der Waals surface area contributed by atoms with Crippen LogP contribution in [0.2, 0.25) is 0 Å². The fourth-order valence-corrected chi connectivity index (χ4v) is 4.15. The van der Waals surface area contributed by atoms with Crippen LogP contribution in [0.1, 0.15) is 22.3 Å². The fraction of sp³-hybridized carbons (Fsp3) is 0.0588. The van der Waals surface area contributed by atoms with Gasteiger partial charge in [-0.25, -0.2) is 9.59 Å². The molecule has 4 aromatic carbocycles. The van der Waals surface area contributed by atoms with Crippen LogP contribution in [0.3, 0.4) is 0 Å². The third-order valence-corrected chi connectivity index (χ3v) is 5.93. The standard InChI is InChI=1S/C34H24N2O4/c35-23-29(31(25-13-5-1-6-14-25)26-15-7-2-8-16-26)33(37)39-21-22-40-34(38)30(24-36)32(27-17-9-3-10-18-27)28-19-11-4-12-20-28/h1-20H,21-22H2. The normalized spacial score (nSPS) is 9.85. The maximum atomic E-state index is 13.0. The maximum absolute atomic E-state index is 13.0. The molecule has 0 aromatic heterocycles. The summed E-state index contributed by atoms with van der Waals surface area (Å²) in [5, 5.41) is 19.8. The Labute approximate surface area is 232 Å². The average molecular weight is 525 g/mol. The highest BCUT2D eigenvalue weighted by atomic mass is 16.6. The first kappa shape index (κ1) is 27.3. The Balaban J connectivity index is 1.52. The van der Waals surface area contributed by atoms with Crippen molar-refractivity contribution in [2.45, 2.75) is 0 Å². The van der Waals surface area contributed by atoms with Crippen LogP contribution in [-0.2, 0) is 19.1 Å². The molecule has 0 radical (unpaired) electrons. The predicted molar refractivity (Wildman–Crippen MR) is 151 cm³/mol. The molecule has 0 N–H and O–H groups in total. The topological polar surface area (TPSA) is 100 Å². The molecule has 40 heavy (non-hydrogen) atoms. The van der Waals surface area contributed by atoms with Crippen LogP contribution in [0.25, 0.3) is 11.1 Å². The minimum Gasteiger partial charge on any atom is -0.458 e. The summed E-state index contributed by atoms with van der Waals surface area (Å²) in [7, 11) is 0. The Kier molecular flexibility index (Phi) is 9.37. The third-order valence-electron chi connectivity index (χ3n) is 5.93. The van der Waals surface area contributed by atoms with E-state index in [-0.39, 0.29) is 24.4 Å². The summed E-state index contributed by atoms with van der Waals surface area (Å²) in [5.41, 5.74) is 3.29.